The Labute approximate surface area is 95.4 Å². The molecule has 0 aromatic heterocycles. The Morgan fingerprint density at radius 1 is 1.00 bits per heavy atom. The third kappa shape index (κ3) is 84.5. The maximum Gasteiger partial charge on any atom is 0 e. The molecule has 0 fully saturated rings. The van der Waals surface area contributed by atoms with Gasteiger partial charge in [0, 0.05) is 21.1 Å². The van der Waals surface area contributed by atoms with Crippen molar-refractivity contribution in [1.82, 2.24) is 0 Å². The molecule has 0 rings (SSSR count). The third-order valence-electron chi connectivity index (χ3n) is 0.348. The van der Waals surface area contributed by atoms with E-state index >= 15 is 0 Å². The van der Waals surface area contributed by atoms with Crippen molar-refractivity contribution in [1.29, 1.82) is 0 Å². The molecule has 0 spiro atoms. The number of rotatable bonds is 2. The quantitative estimate of drug-likeness (QED) is 0.558. The second kappa shape index (κ2) is 22.5. The molecule has 0 aliphatic heterocycles. The van der Waals surface area contributed by atoms with E-state index in [1.54, 1.807) is 33.3 Å². The molecular formula is C10H15O2Pt-3. The fraction of sp³-hybridized carbons (Fsp3) is 0.300. The minimum atomic E-state index is 0. The van der Waals surface area contributed by atoms with Crippen LogP contribution < -0.4 is 0 Å². The SMILES string of the molecule is C=C(C)[C-]=O.C=C(C)[C-]=O.[CH2-]C.[Pt]. The van der Waals surface area contributed by atoms with Gasteiger partial charge in [-0.25, -0.2) is 13.2 Å². The van der Waals surface area contributed by atoms with Crippen LogP contribution in [0.3, 0.4) is 0 Å². The molecule has 0 saturated carbocycles. The summed E-state index contributed by atoms with van der Waals surface area (Å²) in [6.45, 7) is 14.7. The van der Waals surface area contributed by atoms with Gasteiger partial charge in [-0.2, -0.15) is 18.1 Å². The zero-order chi connectivity index (χ0) is 10.6. The van der Waals surface area contributed by atoms with E-state index in [-0.39, 0.29) is 21.1 Å². The molecule has 80 valence electrons. The molecule has 0 aromatic carbocycles. The first-order chi connectivity index (χ1) is 5.54. The van der Waals surface area contributed by atoms with E-state index in [2.05, 4.69) is 20.1 Å². The summed E-state index contributed by atoms with van der Waals surface area (Å²) in [4.78, 5) is 18.6. The Bertz CT molecular complexity index is 133. The van der Waals surface area contributed by atoms with Crippen molar-refractivity contribution in [3.8, 4) is 0 Å². The van der Waals surface area contributed by atoms with Crippen LogP contribution in [-0.4, -0.2) is 12.6 Å². The van der Waals surface area contributed by atoms with Crippen molar-refractivity contribution in [2.75, 3.05) is 0 Å². The second-order valence-corrected chi connectivity index (χ2v) is 1.76. The number of hydrogen-bond acceptors (Lipinski definition) is 2. The molecule has 0 aliphatic carbocycles. The van der Waals surface area contributed by atoms with Crippen molar-refractivity contribution >= 4 is 12.6 Å². The fourth-order valence-electron chi connectivity index (χ4n) is 0. The van der Waals surface area contributed by atoms with Crippen LogP contribution in [0.4, 0.5) is 0 Å². The predicted octanol–water partition coefficient (Wildman–Crippen LogP) is 2.18. The first-order valence-electron chi connectivity index (χ1n) is 3.32. The Morgan fingerprint density at radius 2 is 1.08 bits per heavy atom. The average molecular weight is 362 g/mol. The first kappa shape index (κ1) is 22.9. The Kier molecular flexibility index (Phi) is 39.7. The van der Waals surface area contributed by atoms with Crippen molar-refractivity contribution in [2.24, 2.45) is 0 Å². The molecule has 0 saturated heterocycles. The van der Waals surface area contributed by atoms with Gasteiger partial charge in [0.05, 0.1) is 0 Å². The minimum absolute atomic E-state index is 0. The molecule has 0 aliphatic rings. The Balaban J connectivity index is -0.0000000491. The standard InChI is InChI=1S/2C4H5O.C2H5.Pt/c2*1-4(2)3-5;1-2;/h2*1H2,2H3;1H2,2H3;/q3*-1;. The van der Waals surface area contributed by atoms with E-state index in [1.807, 2.05) is 0 Å². The summed E-state index contributed by atoms with van der Waals surface area (Å²) in [5, 5.41) is 0. The van der Waals surface area contributed by atoms with E-state index < -0.39 is 0 Å². The molecule has 0 heterocycles. The molecule has 2 nitrogen and oxygen atoms in total. The monoisotopic (exact) mass is 362 g/mol. The third-order valence-corrected chi connectivity index (χ3v) is 0.348. The maximum atomic E-state index is 9.28. The summed E-state index contributed by atoms with van der Waals surface area (Å²) < 4.78 is 0. The largest absolute Gasteiger partial charge is 0.419 e. The Morgan fingerprint density at radius 3 is 1.08 bits per heavy atom. The summed E-state index contributed by atoms with van der Waals surface area (Å²) >= 11 is 0. The molecular weight excluding hydrogens is 347 g/mol. The second-order valence-electron chi connectivity index (χ2n) is 1.76. The van der Waals surface area contributed by atoms with Gasteiger partial charge >= 0.3 is 0 Å². The molecule has 3 heteroatoms. The minimum Gasteiger partial charge on any atom is -0.419 e. The molecule has 0 radical (unpaired) electrons. The molecule has 0 unspecified atom stereocenters. The summed E-state index contributed by atoms with van der Waals surface area (Å²) in [6.07, 6.45) is 3.17. The van der Waals surface area contributed by atoms with Gasteiger partial charge in [0.15, 0.2) is 0 Å². The predicted molar refractivity (Wildman–Crippen MR) is 52.0 cm³/mol. The van der Waals surface area contributed by atoms with Gasteiger partial charge in [0.2, 0.25) is 0 Å². The first-order valence-corrected chi connectivity index (χ1v) is 3.32. The van der Waals surface area contributed by atoms with E-state index in [0.29, 0.717) is 11.1 Å². The number of allylic oxidation sites excluding steroid dienone is 2. The topological polar surface area (TPSA) is 34.1 Å². The van der Waals surface area contributed by atoms with Crippen LogP contribution in [0, 0.1) is 6.92 Å². The summed E-state index contributed by atoms with van der Waals surface area (Å²) in [5.74, 6) is 0. The van der Waals surface area contributed by atoms with E-state index in [0.717, 1.165) is 0 Å². The van der Waals surface area contributed by atoms with Crippen LogP contribution in [0.1, 0.15) is 20.8 Å². The van der Waals surface area contributed by atoms with Crippen molar-refractivity contribution in [3.63, 3.8) is 0 Å². The van der Waals surface area contributed by atoms with E-state index in [9.17, 15) is 9.59 Å². The average Bonchev–Trinajstić information content (AvgIpc) is 2.09. The zero-order valence-electron chi connectivity index (χ0n) is 8.25. The smallest absolute Gasteiger partial charge is 0 e. The van der Waals surface area contributed by atoms with Crippen molar-refractivity contribution < 1.29 is 30.7 Å². The number of hydrogen-bond donors (Lipinski definition) is 0. The van der Waals surface area contributed by atoms with Gasteiger partial charge < -0.3 is 16.5 Å². The van der Waals surface area contributed by atoms with Crippen LogP contribution in [0.2, 0.25) is 0 Å². The molecule has 0 aromatic rings. The normalized spacial score (nSPS) is 5.54. The van der Waals surface area contributed by atoms with Gasteiger partial charge in [-0.05, 0) is 12.6 Å². The van der Waals surface area contributed by atoms with Crippen LogP contribution in [0.15, 0.2) is 24.3 Å². The summed E-state index contributed by atoms with van der Waals surface area (Å²) in [5.41, 5.74) is 0.898. The molecule has 13 heavy (non-hydrogen) atoms. The van der Waals surface area contributed by atoms with E-state index in [1.165, 1.54) is 0 Å². The summed E-state index contributed by atoms with van der Waals surface area (Å²) in [6, 6.07) is 0. The molecule has 0 atom stereocenters. The van der Waals surface area contributed by atoms with E-state index in [4.69, 9.17) is 0 Å². The molecule has 0 bridgehead atoms. The van der Waals surface area contributed by atoms with Crippen LogP contribution in [0.25, 0.3) is 0 Å². The summed E-state index contributed by atoms with van der Waals surface area (Å²) in [7, 11) is 0. The van der Waals surface area contributed by atoms with Crippen LogP contribution >= 0.6 is 0 Å². The van der Waals surface area contributed by atoms with Crippen molar-refractivity contribution in [2.45, 2.75) is 20.8 Å². The molecule has 0 N–H and O–H groups in total. The van der Waals surface area contributed by atoms with Gasteiger partial charge in [-0.3, -0.25) is 0 Å². The van der Waals surface area contributed by atoms with Crippen molar-refractivity contribution in [3.05, 3.63) is 31.2 Å². The van der Waals surface area contributed by atoms with Crippen LogP contribution in [-0.2, 0) is 30.7 Å². The Hall–Kier alpha value is -0.492. The van der Waals surface area contributed by atoms with Crippen LogP contribution in [0.5, 0.6) is 0 Å². The molecule has 0 amide bonds. The zero-order valence-corrected chi connectivity index (χ0v) is 10.5. The maximum absolute atomic E-state index is 9.28. The number of carbonyl (C=O) groups excluding carboxylic acids is 2. The van der Waals surface area contributed by atoms with Gasteiger partial charge in [0.1, 0.15) is 0 Å². The van der Waals surface area contributed by atoms with Gasteiger partial charge in [-0.1, -0.05) is 13.8 Å². The van der Waals surface area contributed by atoms with Gasteiger partial charge in [-0.15, -0.1) is 0 Å². The fourth-order valence-corrected chi connectivity index (χ4v) is 0. The van der Waals surface area contributed by atoms with Gasteiger partial charge in [0.25, 0.3) is 0 Å².